The van der Waals surface area contributed by atoms with Crippen molar-refractivity contribution < 1.29 is 4.79 Å². The monoisotopic (exact) mass is 296 g/mol. The fourth-order valence-corrected chi connectivity index (χ4v) is 5.20. The van der Waals surface area contributed by atoms with Crippen LogP contribution in [0.25, 0.3) is 0 Å². The molecule has 0 fully saturated rings. The van der Waals surface area contributed by atoms with Crippen LogP contribution in [-0.4, -0.2) is 5.78 Å². The van der Waals surface area contributed by atoms with Gasteiger partial charge >= 0.3 is 0 Å². The minimum absolute atomic E-state index is 0.190. The van der Waals surface area contributed by atoms with Gasteiger partial charge in [-0.3, -0.25) is 4.79 Å². The molecular formula is C21H28O. The highest BCUT2D eigenvalue weighted by atomic mass is 16.1. The highest BCUT2D eigenvalue weighted by Gasteiger charge is 2.42. The van der Waals surface area contributed by atoms with Gasteiger partial charge < -0.3 is 0 Å². The Bertz CT molecular complexity index is 645. The number of carbonyl (C=O) groups excluding carboxylic acids is 1. The molecule has 0 N–H and O–H groups in total. The molecule has 0 radical (unpaired) electrons. The Labute approximate surface area is 134 Å². The van der Waals surface area contributed by atoms with Crippen LogP contribution in [-0.2, 0) is 25.7 Å². The van der Waals surface area contributed by atoms with E-state index in [-0.39, 0.29) is 5.41 Å². The number of carbonyl (C=O) groups is 1. The summed E-state index contributed by atoms with van der Waals surface area (Å²) < 4.78 is 0. The molecule has 0 saturated heterocycles. The van der Waals surface area contributed by atoms with E-state index in [4.69, 9.17) is 0 Å². The van der Waals surface area contributed by atoms with E-state index in [0.29, 0.717) is 11.7 Å². The van der Waals surface area contributed by atoms with Crippen LogP contribution in [0.4, 0.5) is 0 Å². The lowest BCUT2D eigenvalue weighted by molar-refractivity contribution is 0.0974. The Morgan fingerprint density at radius 2 is 1.27 bits per heavy atom. The molecule has 118 valence electrons. The number of benzene rings is 1. The van der Waals surface area contributed by atoms with E-state index >= 15 is 0 Å². The highest BCUT2D eigenvalue weighted by molar-refractivity contribution is 6.04. The van der Waals surface area contributed by atoms with Crippen LogP contribution < -0.4 is 0 Å². The molecule has 4 rings (SSSR count). The minimum Gasteiger partial charge on any atom is -0.294 e. The van der Waals surface area contributed by atoms with Crippen molar-refractivity contribution >= 4 is 5.78 Å². The Balaban J connectivity index is 2.02. The van der Waals surface area contributed by atoms with Gasteiger partial charge in [-0.15, -0.1) is 0 Å². The molecule has 0 aromatic heterocycles. The van der Waals surface area contributed by atoms with E-state index in [1.165, 1.54) is 61.6 Å². The zero-order chi connectivity index (χ0) is 15.5. The maximum Gasteiger partial charge on any atom is 0.164 e. The Morgan fingerprint density at radius 1 is 0.773 bits per heavy atom. The predicted octanol–water partition coefficient (Wildman–Crippen LogP) is 5.16. The smallest absolute Gasteiger partial charge is 0.164 e. The van der Waals surface area contributed by atoms with Crippen molar-refractivity contribution in [3.63, 3.8) is 0 Å². The van der Waals surface area contributed by atoms with Crippen LogP contribution in [0.1, 0.15) is 97.0 Å². The van der Waals surface area contributed by atoms with Crippen LogP contribution in [0.5, 0.6) is 0 Å². The second kappa shape index (κ2) is 4.94. The highest BCUT2D eigenvalue weighted by Crippen LogP contribution is 2.51. The molecule has 1 heteroatoms. The predicted molar refractivity (Wildman–Crippen MR) is 90.9 cm³/mol. The molecule has 0 heterocycles. The first-order valence-electron chi connectivity index (χ1n) is 9.21. The first kappa shape index (κ1) is 14.5. The van der Waals surface area contributed by atoms with Gasteiger partial charge in [0.2, 0.25) is 0 Å². The third-order valence-electron chi connectivity index (χ3n) is 6.26. The summed E-state index contributed by atoms with van der Waals surface area (Å²) in [6.07, 6.45) is 10.8. The normalized spacial score (nSPS) is 24.0. The number of ketones is 1. The lowest BCUT2D eigenvalue weighted by atomic mass is 9.70. The maximum atomic E-state index is 12.9. The molecule has 0 aliphatic heterocycles. The molecule has 0 bridgehead atoms. The standard InChI is InChI=1S/C21H28O/c1-21(2,3)17-12-18(22)20-16-11-7-5-9-14(16)13-8-4-6-10-15(13)19(17)20/h17H,4-12H2,1-3H3. The van der Waals surface area contributed by atoms with Gasteiger partial charge in [0.05, 0.1) is 0 Å². The number of hydrogen-bond donors (Lipinski definition) is 0. The topological polar surface area (TPSA) is 17.1 Å². The third kappa shape index (κ3) is 2.01. The van der Waals surface area contributed by atoms with Gasteiger partial charge in [0.25, 0.3) is 0 Å². The van der Waals surface area contributed by atoms with Gasteiger partial charge in [-0.2, -0.15) is 0 Å². The molecule has 0 spiro atoms. The first-order chi connectivity index (χ1) is 10.5. The summed E-state index contributed by atoms with van der Waals surface area (Å²) in [5, 5.41) is 0. The van der Waals surface area contributed by atoms with Crippen molar-refractivity contribution in [2.24, 2.45) is 5.41 Å². The number of Topliss-reactive ketones (excluding diaryl/α,β-unsaturated/α-hetero) is 1. The zero-order valence-electron chi connectivity index (χ0n) is 14.3. The fraction of sp³-hybridized carbons (Fsp3) is 0.667. The van der Waals surface area contributed by atoms with Crippen LogP contribution in [0.3, 0.4) is 0 Å². The van der Waals surface area contributed by atoms with Crippen LogP contribution >= 0.6 is 0 Å². The van der Waals surface area contributed by atoms with E-state index in [2.05, 4.69) is 20.8 Å². The molecule has 22 heavy (non-hydrogen) atoms. The van der Waals surface area contributed by atoms with Crippen LogP contribution in [0.15, 0.2) is 0 Å². The van der Waals surface area contributed by atoms with Crippen LogP contribution in [0, 0.1) is 5.41 Å². The third-order valence-corrected chi connectivity index (χ3v) is 6.26. The molecule has 3 aliphatic carbocycles. The number of hydrogen-bond acceptors (Lipinski definition) is 1. The van der Waals surface area contributed by atoms with E-state index in [0.717, 1.165) is 12.8 Å². The molecule has 1 unspecified atom stereocenters. The van der Waals surface area contributed by atoms with Crippen molar-refractivity contribution in [3.8, 4) is 0 Å². The van der Waals surface area contributed by atoms with Gasteiger partial charge in [-0.1, -0.05) is 20.8 Å². The molecular weight excluding hydrogens is 268 g/mol. The molecule has 1 aromatic rings. The second-order valence-electron chi connectivity index (χ2n) is 8.66. The minimum atomic E-state index is 0.190. The van der Waals surface area contributed by atoms with Gasteiger partial charge in [0, 0.05) is 12.0 Å². The molecule has 1 nitrogen and oxygen atoms in total. The summed E-state index contributed by atoms with van der Waals surface area (Å²) in [6.45, 7) is 6.94. The average molecular weight is 296 g/mol. The lowest BCUT2D eigenvalue weighted by Crippen LogP contribution is -2.21. The maximum absolute atomic E-state index is 12.9. The van der Waals surface area contributed by atoms with E-state index in [1.54, 1.807) is 16.7 Å². The van der Waals surface area contributed by atoms with Crippen molar-refractivity contribution in [3.05, 3.63) is 33.4 Å². The fourth-order valence-electron chi connectivity index (χ4n) is 5.20. The largest absolute Gasteiger partial charge is 0.294 e. The molecule has 1 aromatic carbocycles. The van der Waals surface area contributed by atoms with Crippen molar-refractivity contribution in [2.75, 3.05) is 0 Å². The number of fused-ring (bicyclic) bond motifs is 6. The van der Waals surface area contributed by atoms with E-state index < -0.39 is 0 Å². The first-order valence-corrected chi connectivity index (χ1v) is 9.21. The van der Waals surface area contributed by atoms with Crippen molar-refractivity contribution in [1.82, 2.24) is 0 Å². The van der Waals surface area contributed by atoms with Crippen LogP contribution in [0.2, 0.25) is 0 Å². The quantitative estimate of drug-likeness (QED) is 0.646. The SMILES string of the molecule is CC(C)(C)C1CC(=O)c2c3c(c4c(c21)CCCC4)CCCC3. The van der Waals surface area contributed by atoms with Gasteiger partial charge in [-0.25, -0.2) is 0 Å². The van der Waals surface area contributed by atoms with Gasteiger partial charge in [0.1, 0.15) is 0 Å². The van der Waals surface area contributed by atoms with Gasteiger partial charge in [-0.05, 0) is 90.5 Å². The summed E-state index contributed by atoms with van der Waals surface area (Å²) in [5.41, 5.74) is 9.22. The zero-order valence-corrected chi connectivity index (χ0v) is 14.3. The van der Waals surface area contributed by atoms with E-state index in [9.17, 15) is 4.79 Å². The molecule has 1 atom stereocenters. The van der Waals surface area contributed by atoms with E-state index in [1.807, 2.05) is 0 Å². The molecule has 0 amide bonds. The number of rotatable bonds is 0. The summed E-state index contributed by atoms with van der Waals surface area (Å²) in [7, 11) is 0. The Hall–Kier alpha value is -1.11. The van der Waals surface area contributed by atoms with Crippen molar-refractivity contribution in [2.45, 2.75) is 84.5 Å². The van der Waals surface area contributed by atoms with Crippen molar-refractivity contribution in [1.29, 1.82) is 0 Å². The Morgan fingerprint density at radius 3 is 1.86 bits per heavy atom. The van der Waals surface area contributed by atoms with Gasteiger partial charge in [0.15, 0.2) is 5.78 Å². The molecule has 0 saturated carbocycles. The average Bonchev–Trinajstić information content (AvgIpc) is 2.86. The lowest BCUT2D eigenvalue weighted by Gasteiger charge is -2.34. The summed E-state index contributed by atoms with van der Waals surface area (Å²) >= 11 is 0. The summed E-state index contributed by atoms with van der Waals surface area (Å²) in [4.78, 5) is 12.9. The second-order valence-corrected chi connectivity index (χ2v) is 8.66. The summed E-state index contributed by atoms with van der Waals surface area (Å²) in [5.74, 6) is 0.885. The Kier molecular flexibility index (Phi) is 3.25. The molecule has 3 aliphatic rings. The summed E-state index contributed by atoms with van der Waals surface area (Å²) in [6, 6.07) is 0.